The Morgan fingerprint density at radius 3 is 2.31 bits per heavy atom. The Morgan fingerprint density at radius 1 is 1.08 bits per heavy atom. The molecule has 1 aromatic carbocycles. The molecule has 1 saturated heterocycles. The van der Waals surface area contributed by atoms with E-state index in [1.54, 1.807) is 32.9 Å². The van der Waals surface area contributed by atoms with Gasteiger partial charge < -0.3 is 35.8 Å². The summed E-state index contributed by atoms with van der Waals surface area (Å²) in [4.78, 5) is 50.2. The molecule has 11 nitrogen and oxygen atoms in total. The van der Waals surface area contributed by atoms with Crippen LogP contribution in [0.3, 0.4) is 0 Å². The fourth-order valence-electron chi connectivity index (χ4n) is 3.81. The molecule has 1 atom stereocenters. The highest BCUT2D eigenvalue weighted by molar-refractivity contribution is 5.86. The molecule has 0 saturated carbocycles. The van der Waals surface area contributed by atoms with Crippen LogP contribution in [-0.2, 0) is 25.7 Å². The summed E-state index contributed by atoms with van der Waals surface area (Å²) in [5, 5.41) is 14.9. The van der Waals surface area contributed by atoms with Gasteiger partial charge in [-0.2, -0.15) is 0 Å². The summed E-state index contributed by atoms with van der Waals surface area (Å²) >= 11 is 0. The molecule has 2 rings (SSSR count). The molecule has 200 valence electrons. The Morgan fingerprint density at radius 2 is 1.72 bits per heavy atom. The van der Waals surface area contributed by atoms with Gasteiger partial charge in [0.2, 0.25) is 5.91 Å². The highest BCUT2D eigenvalue weighted by Crippen LogP contribution is 2.24. The second kappa shape index (κ2) is 13.1. The fourth-order valence-corrected chi connectivity index (χ4v) is 3.81. The number of ether oxygens (including phenoxy) is 2. The maximum atomic E-state index is 12.7. The van der Waals surface area contributed by atoms with Gasteiger partial charge >= 0.3 is 18.2 Å². The van der Waals surface area contributed by atoms with Crippen LogP contribution in [0.25, 0.3) is 0 Å². The molecule has 0 aromatic heterocycles. The Balaban J connectivity index is 1.74. The maximum Gasteiger partial charge on any atom is 0.408 e. The van der Waals surface area contributed by atoms with Gasteiger partial charge in [0.15, 0.2) is 0 Å². The molecule has 1 unspecified atom stereocenters. The first-order valence-corrected chi connectivity index (χ1v) is 12.2. The third-order valence-electron chi connectivity index (χ3n) is 5.82. The summed E-state index contributed by atoms with van der Waals surface area (Å²) in [6.07, 6.45) is 0.469. The predicted octanol–water partition coefficient (Wildman–Crippen LogP) is 2.38. The van der Waals surface area contributed by atoms with E-state index in [-0.39, 0.29) is 38.4 Å². The van der Waals surface area contributed by atoms with E-state index in [1.165, 1.54) is 4.90 Å². The first-order valence-electron chi connectivity index (χ1n) is 12.2. The topological polar surface area (TPSA) is 160 Å². The van der Waals surface area contributed by atoms with Crippen LogP contribution >= 0.6 is 0 Å². The van der Waals surface area contributed by atoms with Gasteiger partial charge in [-0.15, -0.1) is 0 Å². The first-order chi connectivity index (χ1) is 16.9. The summed E-state index contributed by atoms with van der Waals surface area (Å²) in [5.41, 5.74) is 4.77. The number of hydrogen-bond donors (Lipinski definition) is 4. The van der Waals surface area contributed by atoms with E-state index < -0.39 is 35.3 Å². The fraction of sp³-hybridized carbons (Fsp3) is 0.600. The number of carboxylic acid groups (broad SMARTS) is 1. The zero-order chi connectivity index (χ0) is 26.8. The van der Waals surface area contributed by atoms with Gasteiger partial charge in [0.1, 0.15) is 17.7 Å². The van der Waals surface area contributed by atoms with Gasteiger partial charge in [-0.25, -0.2) is 14.4 Å². The summed E-state index contributed by atoms with van der Waals surface area (Å²) in [7, 11) is 0. The normalized spacial score (nSPS) is 15.9. The van der Waals surface area contributed by atoms with Gasteiger partial charge in [-0.05, 0) is 58.4 Å². The van der Waals surface area contributed by atoms with Crippen molar-refractivity contribution in [2.75, 3.05) is 19.6 Å². The number of carbonyl (C=O) groups is 4. The Bertz CT molecular complexity index is 893. The first kappa shape index (κ1) is 28.9. The maximum absolute atomic E-state index is 12.7. The van der Waals surface area contributed by atoms with Crippen LogP contribution in [0.5, 0.6) is 0 Å². The van der Waals surface area contributed by atoms with Crippen LogP contribution in [0.1, 0.15) is 58.4 Å². The highest BCUT2D eigenvalue weighted by Gasteiger charge is 2.44. The second-order valence-corrected chi connectivity index (χ2v) is 9.93. The average molecular weight is 507 g/mol. The number of carbonyl (C=O) groups excluding carboxylic acids is 3. The van der Waals surface area contributed by atoms with Crippen molar-refractivity contribution in [2.24, 2.45) is 5.73 Å². The molecule has 1 aliphatic rings. The van der Waals surface area contributed by atoms with Gasteiger partial charge in [0.25, 0.3) is 0 Å². The zero-order valence-corrected chi connectivity index (χ0v) is 21.2. The number of rotatable bonds is 10. The summed E-state index contributed by atoms with van der Waals surface area (Å²) in [6, 6.07) is 8.33. The quantitative estimate of drug-likeness (QED) is 0.352. The standard InChI is InChI=1S/C25H38N4O7/c1-24(2,3)36-22(33)27-14-8-7-11-19(26)20(30)29-15-12-25(13-16-29,21(31)32)28-23(34)35-17-18-9-5-4-6-10-18/h4-6,9-10,19H,7-8,11-17,26H2,1-3H3,(H,27,33)(H,28,34)(H,31,32). The molecule has 5 N–H and O–H groups in total. The molecule has 0 aliphatic carbocycles. The molecule has 1 fully saturated rings. The number of hydrogen-bond acceptors (Lipinski definition) is 7. The number of nitrogens with two attached hydrogens (primary N) is 1. The van der Waals surface area contributed by atoms with Crippen LogP contribution in [-0.4, -0.2) is 70.9 Å². The highest BCUT2D eigenvalue weighted by atomic mass is 16.6. The SMILES string of the molecule is CC(C)(C)OC(=O)NCCCCC(N)C(=O)N1CCC(NC(=O)OCc2ccccc2)(C(=O)O)CC1. The molecular weight excluding hydrogens is 468 g/mol. The third kappa shape index (κ3) is 9.37. The molecule has 0 radical (unpaired) electrons. The molecule has 36 heavy (non-hydrogen) atoms. The van der Waals surface area contributed by atoms with Crippen LogP contribution in [0.4, 0.5) is 9.59 Å². The van der Waals surface area contributed by atoms with Crippen LogP contribution < -0.4 is 16.4 Å². The number of carboxylic acids is 1. The number of nitrogens with zero attached hydrogens (tertiary/aromatic N) is 1. The van der Waals surface area contributed by atoms with Crippen molar-refractivity contribution in [1.82, 2.24) is 15.5 Å². The number of nitrogens with one attached hydrogen (secondary N) is 2. The molecule has 3 amide bonds. The average Bonchev–Trinajstić information content (AvgIpc) is 2.82. The predicted molar refractivity (Wildman–Crippen MR) is 132 cm³/mol. The number of piperidine rings is 1. The lowest BCUT2D eigenvalue weighted by molar-refractivity contribution is -0.149. The molecule has 0 bridgehead atoms. The van der Waals surface area contributed by atoms with Gasteiger partial charge in [-0.3, -0.25) is 4.79 Å². The monoisotopic (exact) mass is 506 g/mol. The Labute approximate surface area is 211 Å². The van der Waals surface area contributed by atoms with E-state index in [0.717, 1.165) is 5.56 Å². The minimum atomic E-state index is -1.51. The van der Waals surface area contributed by atoms with Gasteiger partial charge in [-0.1, -0.05) is 30.3 Å². The van der Waals surface area contributed by atoms with Gasteiger partial charge in [0, 0.05) is 19.6 Å². The lowest BCUT2D eigenvalue weighted by atomic mass is 9.87. The van der Waals surface area contributed by atoms with Crippen molar-refractivity contribution in [1.29, 1.82) is 0 Å². The van der Waals surface area contributed by atoms with Crippen LogP contribution in [0, 0.1) is 0 Å². The summed E-state index contributed by atoms with van der Waals surface area (Å²) in [6.45, 7) is 6.09. The Kier molecular flexibility index (Phi) is 10.5. The number of alkyl carbamates (subject to hydrolysis) is 2. The van der Waals surface area contributed by atoms with Crippen molar-refractivity contribution < 1.29 is 33.8 Å². The Hall–Kier alpha value is -3.34. The van der Waals surface area contributed by atoms with Crippen molar-refractivity contribution in [3.05, 3.63) is 35.9 Å². The summed E-state index contributed by atoms with van der Waals surface area (Å²) < 4.78 is 10.3. The third-order valence-corrected chi connectivity index (χ3v) is 5.82. The van der Waals surface area contributed by atoms with Gasteiger partial charge in [0.05, 0.1) is 6.04 Å². The smallest absolute Gasteiger partial charge is 0.408 e. The molecule has 0 spiro atoms. The zero-order valence-electron chi connectivity index (χ0n) is 21.2. The van der Waals surface area contributed by atoms with E-state index in [1.807, 2.05) is 18.2 Å². The van der Waals surface area contributed by atoms with Crippen molar-refractivity contribution in [3.8, 4) is 0 Å². The molecule has 1 aromatic rings. The number of aliphatic carboxylic acids is 1. The number of likely N-dealkylation sites (tertiary alicyclic amines) is 1. The summed E-state index contributed by atoms with van der Waals surface area (Å²) in [5.74, 6) is -1.44. The van der Waals surface area contributed by atoms with E-state index in [4.69, 9.17) is 15.2 Å². The van der Waals surface area contributed by atoms with E-state index >= 15 is 0 Å². The molecule has 11 heteroatoms. The second-order valence-electron chi connectivity index (χ2n) is 9.93. The minimum absolute atomic E-state index is 0.0229. The minimum Gasteiger partial charge on any atom is -0.480 e. The van der Waals surface area contributed by atoms with Crippen LogP contribution in [0.15, 0.2) is 30.3 Å². The number of benzene rings is 1. The lowest BCUT2D eigenvalue weighted by Gasteiger charge is -2.39. The van der Waals surface area contributed by atoms with E-state index in [9.17, 15) is 24.3 Å². The van der Waals surface area contributed by atoms with E-state index in [2.05, 4.69) is 10.6 Å². The van der Waals surface area contributed by atoms with Crippen molar-refractivity contribution in [2.45, 2.75) is 76.7 Å². The van der Waals surface area contributed by atoms with Crippen molar-refractivity contribution in [3.63, 3.8) is 0 Å². The number of unbranched alkanes of at least 4 members (excludes halogenated alkanes) is 1. The largest absolute Gasteiger partial charge is 0.480 e. The van der Waals surface area contributed by atoms with Crippen molar-refractivity contribution >= 4 is 24.1 Å². The number of amides is 3. The van der Waals surface area contributed by atoms with Crippen LogP contribution in [0.2, 0.25) is 0 Å². The lowest BCUT2D eigenvalue weighted by Crippen LogP contribution is -2.61. The molecule has 1 heterocycles. The molecule has 1 aliphatic heterocycles. The van der Waals surface area contributed by atoms with E-state index in [0.29, 0.717) is 25.8 Å². The molecular formula is C25H38N4O7.